The van der Waals surface area contributed by atoms with Crippen LogP contribution in [0.1, 0.15) is 18.1 Å². The van der Waals surface area contributed by atoms with E-state index >= 15 is 0 Å². The van der Waals surface area contributed by atoms with Gasteiger partial charge in [0.15, 0.2) is 0 Å². The number of rotatable bonds is 4. The number of methoxy groups -OCH3 is 1. The number of likely N-dealkylation sites (tertiary alicyclic amines) is 1. The number of carbonyl (C=O) groups excluding carboxylic acids is 1. The normalized spacial score (nSPS) is 23.0. The zero-order chi connectivity index (χ0) is 14.7. The number of nitrogens with zero attached hydrogens (tertiary/aromatic N) is 1. The van der Waals surface area contributed by atoms with Crippen LogP contribution in [0.25, 0.3) is 0 Å². The van der Waals surface area contributed by atoms with Crippen molar-refractivity contribution in [2.75, 3.05) is 20.2 Å². The molecule has 1 aliphatic rings. The van der Waals surface area contributed by atoms with E-state index in [1.54, 1.807) is 12.1 Å². The van der Waals surface area contributed by atoms with Crippen molar-refractivity contribution in [3.63, 3.8) is 0 Å². The molecule has 0 amide bonds. The van der Waals surface area contributed by atoms with Crippen LogP contribution in [0.2, 0.25) is 0 Å². The van der Waals surface area contributed by atoms with Gasteiger partial charge in [-0.2, -0.15) is 0 Å². The maximum absolute atomic E-state index is 14.1. The second-order valence-electron chi connectivity index (χ2n) is 5.40. The molecule has 20 heavy (non-hydrogen) atoms. The maximum atomic E-state index is 14.1. The number of ether oxygens (including phenoxy) is 1. The quantitative estimate of drug-likeness (QED) is 0.850. The molecule has 0 saturated carbocycles. The Morgan fingerprint density at radius 3 is 2.80 bits per heavy atom. The zero-order valence-electron chi connectivity index (χ0n) is 11.9. The van der Waals surface area contributed by atoms with Crippen molar-refractivity contribution < 1.29 is 13.9 Å². The Kier molecular flexibility index (Phi) is 4.73. The third-order valence-electron chi connectivity index (χ3n) is 3.96. The van der Waals surface area contributed by atoms with Gasteiger partial charge in [0.2, 0.25) is 0 Å². The lowest BCUT2D eigenvalue weighted by Crippen LogP contribution is -2.24. The molecule has 1 fully saturated rings. The Hall–Kier alpha value is -1.46. The van der Waals surface area contributed by atoms with E-state index in [9.17, 15) is 9.18 Å². The smallest absolute Gasteiger partial charge is 0.310 e. The number of halogens is 1. The summed E-state index contributed by atoms with van der Waals surface area (Å²) in [6, 6.07) is 5.28. The summed E-state index contributed by atoms with van der Waals surface area (Å²) in [7, 11) is 1.40. The molecule has 4 nitrogen and oxygen atoms in total. The summed E-state index contributed by atoms with van der Waals surface area (Å²) in [5, 5.41) is 0. The first-order valence-corrected chi connectivity index (χ1v) is 6.83. The summed E-state index contributed by atoms with van der Waals surface area (Å²) < 4.78 is 19.0. The summed E-state index contributed by atoms with van der Waals surface area (Å²) in [6.07, 6.45) is 0. The molecular formula is C15H21FN2O2. The standard InChI is InChI=1S/C15H21FN2O2/c1-10-7-18(9-13(10)15(19)20-2)8-12-5-3-4-11(6-17)14(12)16/h3-5,10,13H,6-9,17H2,1-2H3. The lowest BCUT2D eigenvalue weighted by atomic mass is 9.99. The van der Waals surface area contributed by atoms with Crippen LogP contribution in [0.3, 0.4) is 0 Å². The summed E-state index contributed by atoms with van der Waals surface area (Å²) in [5.41, 5.74) is 6.67. The molecule has 2 atom stereocenters. The van der Waals surface area contributed by atoms with E-state index in [-0.39, 0.29) is 30.2 Å². The van der Waals surface area contributed by atoms with E-state index in [1.165, 1.54) is 7.11 Å². The number of hydrogen-bond donors (Lipinski definition) is 1. The predicted octanol–water partition coefficient (Wildman–Crippen LogP) is 1.53. The lowest BCUT2D eigenvalue weighted by molar-refractivity contribution is -0.146. The molecule has 0 radical (unpaired) electrons. The lowest BCUT2D eigenvalue weighted by Gasteiger charge is -2.16. The largest absolute Gasteiger partial charge is 0.469 e. The summed E-state index contributed by atoms with van der Waals surface area (Å²) in [4.78, 5) is 13.7. The Morgan fingerprint density at radius 1 is 1.45 bits per heavy atom. The van der Waals surface area contributed by atoms with Gasteiger partial charge in [0.1, 0.15) is 5.82 Å². The Bertz CT molecular complexity index is 493. The van der Waals surface area contributed by atoms with Crippen LogP contribution in [0.4, 0.5) is 4.39 Å². The average molecular weight is 280 g/mol. The van der Waals surface area contributed by atoms with Gasteiger partial charge in [-0.05, 0) is 5.92 Å². The van der Waals surface area contributed by atoms with Crippen molar-refractivity contribution in [2.24, 2.45) is 17.6 Å². The minimum atomic E-state index is -0.232. The first kappa shape index (κ1) is 14.9. The number of carbonyl (C=O) groups is 1. The molecule has 2 rings (SSSR count). The highest BCUT2D eigenvalue weighted by Gasteiger charge is 2.35. The van der Waals surface area contributed by atoms with Crippen LogP contribution in [0.5, 0.6) is 0 Å². The van der Waals surface area contributed by atoms with Gasteiger partial charge >= 0.3 is 5.97 Å². The first-order chi connectivity index (χ1) is 9.56. The third kappa shape index (κ3) is 2.99. The Morgan fingerprint density at radius 2 is 2.15 bits per heavy atom. The molecule has 1 saturated heterocycles. The second kappa shape index (κ2) is 6.33. The van der Waals surface area contributed by atoms with Gasteiger partial charge in [0, 0.05) is 37.3 Å². The van der Waals surface area contributed by atoms with E-state index in [0.29, 0.717) is 24.2 Å². The van der Waals surface area contributed by atoms with Crippen LogP contribution in [-0.4, -0.2) is 31.1 Å². The fourth-order valence-corrected chi connectivity index (χ4v) is 2.81. The fourth-order valence-electron chi connectivity index (χ4n) is 2.81. The number of benzene rings is 1. The van der Waals surface area contributed by atoms with Crippen LogP contribution in [0.15, 0.2) is 18.2 Å². The highest BCUT2D eigenvalue weighted by Crippen LogP contribution is 2.26. The van der Waals surface area contributed by atoms with E-state index in [4.69, 9.17) is 10.5 Å². The van der Waals surface area contributed by atoms with E-state index in [2.05, 4.69) is 4.90 Å². The molecule has 5 heteroatoms. The van der Waals surface area contributed by atoms with E-state index < -0.39 is 0 Å². The van der Waals surface area contributed by atoms with Crippen molar-refractivity contribution in [1.29, 1.82) is 0 Å². The molecular weight excluding hydrogens is 259 g/mol. The van der Waals surface area contributed by atoms with Crippen molar-refractivity contribution >= 4 is 5.97 Å². The summed E-state index contributed by atoms with van der Waals surface area (Å²) in [6.45, 7) is 4.10. The third-order valence-corrected chi connectivity index (χ3v) is 3.96. The topological polar surface area (TPSA) is 55.6 Å². The molecule has 110 valence electrons. The first-order valence-electron chi connectivity index (χ1n) is 6.83. The van der Waals surface area contributed by atoms with Gasteiger partial charge in [-0.3, -0.25) is 9.69 Å². The van der Waals surface area contributed by atoms with Crippen LogP contribution >= 0.6 is 0 Å². The molecule has 2 N–H and O–H groups in total. The van der Waals surface area contributed by atoms with Gasteiger partial charge in [-0.15, -0.1) is 0 Å². The van der Waals surface area contributed by atoms with Crippen molar-refractivity contribution in [1.82, 2.24) is 4.90 Å². The Balaban J connectivity index is 2.07. The van der Waals surface area contributed by atoms with E-state index in [0.717, 1.165) is 6.54 Å². The highest BCUT2D eigenvalue weighted by molar-refractivity contribution is 5.73. The van der Waals surface area contributed by atoms with Gasteiger partial charge in [-0.1, -0.05) is 25.1 Å². The molecule has 1 aliphatic heterocycles. The maximum Gasteiger partial charge on any atom is 0.310 e. The van der Waals surface area contributed by atoms with Gasteiger partial charge in [-0.25, -0.2) is 4.39 Å². The molecule has 0 spiro atoms. The number of esters is 1. The van der Waals surface area contributed by atoms with Gasteiger partial charge in [0.05, 0.1) is 13.0 Å². The molecule has 1 aromatic carbocycles. The molecule has 0 aromatic heterocycles. The van der Waals surface area contributed by atoms with Crippen LogP contribution in [0, 0.1) is 17.7 Å². The molecule has 1 aromatic rings. The second-order valence-corrected chi connectivity index (χ2v) is 5.40. The summed E-state index contributed by atoms with van der Waals surface area (Å²) >= 11 is 0. The molecule has 0 aliphatic carbocycles. The number of hydrogen-bond acceptors (Lipinski definition) is 4. The zero-order valence-corrected chi connectivity index (χ0v) is 11.9. The van der Waals surface area contributed by atoms with Gasteiger partial charge < -0.3 is 10.5 Å². The van der Waals surface area contributed by atoms with Gasteiger partial charge in [0.25, 0.3) is 0 Å². The fraction of sp³-hybridized carbons (Fsp3) is 0.533. The molecule has 2 unspecified atom stereocenters. The monoisotopic (exact) mass is 280 g/mol. The molecule has 1 heterocycles. The SMILES string of the molecule is COC(=O)C1CN(Cc2cccc(CN)c2F)CC1C. The summed E-state index contributed by atoms with van der Waals surface area (Å²) in [5.74, 6) is -0.315. The van der Waals surface area contributed by atoms with Crippen LogP contribution < -0.4 is 5.73 Å². The van der Waals surface area contributed by atoms with Crippen molar-refractivity contribution in [3.05, 3.63) is 35.1 Å². The predicted molar refractivity (Wildman–Crippen MR) is 74.2 cm³/mol. The minimum absolute atomic E-state index is 0.124. The molecule has 0 bridgehead atoms. The number of nitrogens with two attached hydrogens (primary N) is 1. The van der Waals surface area contributed by atoms with Crippen LogP contribution in [-0.2, 0) is 22.6 Å². The minimum Gasteiger partial charge on any atom is -0.469 e. The van der Waals surface area contributed by atoms with Crippen molar-refractivity contribution in [3.8, 4) is 0 Å². The average Bonchev–Trinajstić information content (AvgIpc) is 2.81. The van der Waals surface area contributed by atoms with Crippen molar-refractivity contribution in [2.45, 2.75) is 20.0 Å². The highest BCUT2D eigenvalue weighted by atomic mass is 19.1. The van der Waals surface area contributed by atoms with E-state index in [1.807, 2.05) is 13.0 Å². The Labute approximate surface area is 118 Å².